The van der Waals surface area contributed by atoms with Gasteiger partial charge in [-0.1, -0.05) is 23.7 Å². The van der Waals surface area contributed by atoms with E-state index in [1.807, 2.05) is 0 Å². The van der Waals surface area contributed by atoms with Gasteiger partial charge < -0.3 is 15.2 Å². The molecule has 0 aliphatic heterocycles. The minimum Gasteiger partial charge on any atom is -0.351 e. The molecule has 0 aliphatic carbocycles. The molecule has 1 aromatic heterocycles. The lowest BCUT2D eigenvalue weighted by molar-refractivity contribution is 0.0931. The Kier molecular flexibility index (Phi) is 7.24. The van der Waals surface area contributed by atoms with Crippen molar-refractivity contribution in [3.05, 3.63) is 68.6 Å². The highest BCUT2D eigenvalue weighted by Crippen LogP contribution is 2.09. The number of nitrogens with one attached hydrogen (secondary N) is 2. The number of amides is 2. The average molecular weight is 396 g/mol. The minimum absolute atomic E-state index is 0.0443. The largest absolute Gasteiger partial charge is 0.351 e. The van der Waals surface area contributed by atoms with Gasteiger partial charge in [0.15, 0.2) is 0 Å². The lowest BCUT2D eigenvalue weighted by atomic mass is 10.2. The number of hydrogen-bond donors (Lipinski definition) is 2. The summed E-state index contributed by atoms with van der Waals surface area (Å²) >= 11 is 11.6. The number of aromatic nitrogens is 1. The number of nitrogens with zero attached hydrogens (tertiary/aromatic N) is 1. The van der Waals surface area contributed by atoms with Gasteiger partial charge in [-0.2, -0.15) is 0 Å². The molecule has 0 aliphatic rings. The normalized spacial score (nSPS) is 10.4. The first-order chi connectivity index (χ1) is 12.5. The number of rotatable bonds is 7. The van der Waals surface area contributed by atoms with E-state index in [0.717, 1.165) is 5.56 Å². The Morgan fingerprint density at radius 2 is 1.73 bits per heavy atom. The van der Waals surface area contributed by atoms with E-state index in [4.69, 9.17) is 23.2 Å². The number of pyridine rings is 1. The summed E-state index contributed by atoms with van der Waals surface area (Å²) in [6, 6.07) is 9.82. The summed E-state index contributed by atoms with van der Waals surface area (Å²) in [5, 5.41) is 5.93. The molecule has 0 radical (unpaired) electrons. The summed E-state index contributed by atoms with van der Waals surface area (Å²) in [6.45, 7) is 2.59. The van der Waals surface area contributed by atoms with Crippen molar-refractivity contribution in [3.63, 3.8) is 0 Å². The molecule has 26 heavy (non-hydrogen) atoms. The van der Waals surface area contributed by atoms with Gasteiger partial charge in [-0.15, -0.1) is 11.6 Å². The second-order valence-electron chi connectivity index (χ2n) is 5.45. The second kappa shape index (κ2) is 9.40. The third-order valence-corrected chi connectivity index (χ3v) is 4.08. The Morgan fingerprint density at radius 3 is 2.35 bits per heavy atom. The number of carbonyl (C=O) groups is 2. The highest BCUT2D eigenvalue weighted by molar-refractivity contribution is 6.30. The summed E-state index contributed by atoms with van der Waals surface area (Å²) in [5.74, 6) is -0.763. The van der Waals surface area contributed by atoms with Gasteiger partial charge in [0.05, 0.1) is 0 Å². The van der Waals surface area contributed by atoms with Crippen LogP contribution in [0.25, 0.3) is 0 Å². The van der Waals surface area contributed by atoms with Crippen LogP contribution in [0.5, 0.6) is 0 Å². The van der Waals surface area contributed by atoms with Crippen LogP contribution in [-0.4, -0.2) is 28.8 Å². The van der Waals surface area contributed by atoms with Crippen LogP contribution in [0.4, 0.5) is 0 Å². The van der Waals surface area contributed by atoms with Gasteiger partial charge >= 0.3 is 0 Å². The van der Waals surface area contributed by atoms with Crippen LogP contribution in [0.1, 0.15) is 33.3 Å². The average Bonchev–Trinajstić information content (AvgIpc) is 2.63. The summed E-state index contributed by atoms with van der Waals surface area (Å²) < 4.78 is 1.22. The van der Waals surface area contributed by atoms with E-state index in [-0.39, 0.29) is 36.1 Å². The molecule has 6 nitrogen and oxygen atoms in total. The molecule has 0 bridgehead atoms. The zero-order chi connectivity index (χ0) is 19.1. The molecule has 0 saturated heterocycles. The van der Waals surface area contributed by atoms with Gasteiger partial charge in [-0.05, 0) is 36.8 Å². The summed E-state index contributed by atoms with van der Waals surface area (Å²) in [4.78, 5) is 37.1. The highest BCUT2D eigenvalue weighted by Gasteiger charge is 2.18. The van der Waals surface area contributed by atoms with Gasteiger partial charge in [0.25, 0.3) is 17.4 Å². The maximum atomic E-state index is 12.6. The summed E-state index contributed by atoms with van der Waals surface area (Å²) in [7, 11) is 0. The molecule has 2 rings (SSSR count). The molecular formula is C18H19Cl2N3O3. The molecule has 1 aromatic carbocycles. The van der Waals surface area contributed by atoms with Gasteiger partial charge in [-0.3, -0.25) is 14.4 Å². The molecule has 0 saturated carbocycles. The monoisotopic (exact) mass is 395 g/mol. The van der Waals surface area contributed by atoms with Crippen molar-refractivity contribution < 1.29 is 9.59 Å². The SMILES string of the molecule is CCNC(=O)c1ccc(C(=O)NCc2ccc(Cl)cc2)c(=O)n1CCCl. The molecule has 0 unspecified atom stereocenters. The zero-order valence-corrected chi connectivity index (χ0v) is 15.7. The topological polar surface area (TPSA) is 80.2 Å². The van der Waals surface area contributed by atoms with Crippen LogP contribution < -0.4 is 16.2 Å². The molecule has 1 heterocycles. The van der Waals surface area contributed by atoms with Crippen molar-refractivity contribution >= 4 is 35.0 Å². The lowest BCUT2D eigenvalue weighted by Crippen LogP contribution is -2.37. The van der Waals surface area contributed by atoms with E-state index < -0.39 is 11.5 Å². The minimum atomic E-state index is -0.553. The predicted octanol–water partition coefficient (Wildman–Crippen LogP) is 2.42. The number of benzene rings is 1. The molecule has 0 atom stereocenters. The van der Waals surface area contributed by atoms with E-state index in [1.165, 1.54) is 16.7 Å². The van der Waals surface area contributed by atoms with E-state index in [9.17, 15) is 14.4 Å². The van der Waals surface area contributed by atoms with Gasteiger partial charge in [-0.25, -0.2) is 0 Å². The van der Waals surface area contributed by atoms with Crippen LogP contribution in [0.15, 0.2) is 41.2 Å². The smallest absolute Gasteiger partial charge is 0.268 e. The Bertz CT molecular complexity index is 848. The first-order valence-corrected chi connectivity index (χ1v) is 8.99. The van der Waals surface area contributed by atoms with E-state index in [2.05, 4.69) is 10.6 Å². The van der Waals surface area contributed by atoms with Crippen molar-refractivity contribution in [1.29, 1.82) is 0 Å². The molecule has 0 spiro atoms. The van der Waals surface area contributed by atoms with E-state index >= 15 is 0 Å². The summed E-state index contributed by atoms with van der Waals surface area (Å²) in [5.41, 5.74) is 0.426. The third kappa shape index (κ3) is 4.86. The number of alkyl halides is 1. The maximum Gasteiger partial charge on any atom is 0.268 e. The second-order valence-corrected chi connectivity index (χ2v) is 6.26. The Balaban J connectivity index is 2.23. The lowest BCUT2D eigenvalue weighted by Gasteiger charge is -2.13. The van der Waals surface area contributed by atoms with Crippen molar-refractivity contribution in [3.8, 4) is 0 Å². The standard InChI is InChI=1S/C18H19Cl2N3O3/c1-2-21-17(25)15-8-7-14(18(26)23(15)10-9-19)16(24)22-11-12-3-5-13(20)6-4-12/h3-8H,2,9-11H2,1H3,(H,21,25)(H,22,24). The fourth-order valence-electron chi connectivity index (χ4n) is 2.39. The van der Waals surface area contributed by atoms with Crippen LogP contribution in [0.2, 0.25) is 5.02 Å². The molecule has 2 N–H and O–H groups in total. The van der Waals surface area contributed by atoms with Crippen LogP contribution in [0, 0.1) is 0 Å². The first kappa shape index (κ1) is 20.0. The predicted molar refractivity (Wildman–Crippen MR) is 102 cm³/mol. The fraction of sp³-hybridized carbons (Fsp3) is 0.278. The molecule has 2 amide bonds. The Morgan fingerprint density at radius 1 is 1.04 bits per heavy atom. The number of halogens is 2. The van der Waals surface area contributed by atoms with Crippen molar-refractivity contribution in [2.45, 2.75) is 20.0 Å². The van der Waals surface area contributed by atoms with Crippen LogP contribution >= 0.6 is 23.2 Å². The van der Waals surface area contributed by atoms with E-state index in [1.54, 1.807) is 31.2 Å². The molecule has 138 valence electrons. The quantitative estimate of drug-likeness (QED) is 0.706. The molecule has 2 aromatic rings. The van der Waals surface area contributed by atoms with Crippen LogP contribution in [0.3, 0.4) is 0 Å². The number of carbonyl (C=O) groups excluding carboxylic acids is 2. The maximum absolute atomic E-state index is 12.6. The van der Waals surface area contributed by atoms with Crippen molar-refractivity contribution in [1.82, 2.24) is 15.2 Å². The van der Waals surface area contributed by atoms with Crippen LogP contribution in [-0.2, 0) is 13.1 Å². The van der Waals surface area contributed by atoms with E-state index in [0.29, 0.717) is 11.6 Å². The zero-order valence-electron chi connectivity index (χ0n) is 14.2. The van der Waals surface area contributed by atoms with Gasteiger partial charge in [0.2, 0.25) is 0 Å². The van der Waals surface area contributed by atoms with Gasteiger partial charge in [0.1, 0.15) is 11.3 Å². The Hall–Kier alpha value is -2.31. The molecular weight excluding hydrogens is 377 g/mol. The molecule has 8 heteroatoms. The highest BCUT2D eigenvalue weighted by atomic mass is 35.5. The Labute approximate surface area is 161 Å². The summed E-state index contributed by atoms with van der Waals surface area (Å²) in [6.07, 6.45) is 0. The van der Waals surface area contributed by atoms with Gasteiger partial charge in [0, 0.05) is 30.5 Å². The van der Waals surface area contributed by atoms with Crippen molar-refractivity contribution in [2.75, 3.05) is 12.4 Å². The number of hydrogen-bond acceptors (Lipinski definition) is 3. The first-order valence-electron chi connectivity index (χ1n) is 8.08. The van der Waals surface area contributed by atoms with Crippen molar-refractivity contribution in [2.24, 2.45) is 0 Å². The molecule has 0 fully saturated rings. The fourth-order valence-corrected chi connectivity index (χ4v) is 2.68. The third-order valence-electron chi connectivity index (χ3n) is 3.66.